The van der Waals surface area contributed by atoms with Crippen LogP contribution in [0.5, 0.6) is 0 Å². The highest BCUT2D eigenvalue weighted by Crippen LogP contribution is 2.31. The van der Waals surface area contributed by atoms with Gasteiger partial charge in [0, 0.05) is 24.1 Å². The number of nitrogens with zero attached hydrogens (tertiary/aromatic N) is 2. The molecule has 0 unspecified atom stereocenters. The van der Waals surface area contributed by atoms with Crippen molar-refractivity contribution in [3.8, 4) is 6.07 Å². The predicted molar refractivity (Wildman–Crippen MR) is 64.5 cm³/mol. The van der Waals surface area contributed by atoms with Crippen molar-refractivity contribution in [1.82, 2.24) is 0 Å². The van der Waals surface area contributed by atoms with Gasteiger partial charge in [-0.3, -0.25) is 4.79 Å². The van der Waals surface area contributed by atoms with Crippen LogP contribution < -0.4 is 4.90 Å². The molecular weight excluding hydrogens is 220 g/mol. The fourth-order valence-electron chi connectivity index (χ4n) is 1.91. The van der Waals surface area contributed by atoms with Gasteiger partial charge in [-0.25, -0.2) is 0 Å². The molecule has 3 nitrogen and oxygen atoms in total. The van der Waals surface area contributed by atoms with Crippen molar-refractivity contribution in [1.29, 1.82) is 5.26 Å². The van der Waals surface area contributed by atoms with E-state index in [1.165, 1.54) is 17.3 Å². The minimum absolute atomic E-state index is 0.0937. The summed E-state index contributed by atoms with van der Waals surface area (Å²) in [6.45, 7) is 2.37. The maximum atomic E-state index is 11.3. The van der Waals surface area contributed by atoms with E-state index in [-0.39, 0.29) is 5.91 Å². The maximum absolute atomic E-state index is 11.3. The molecule has 82 valence electrons. The first-order valence-electron chi connectivity index (χ1n) is 5.13. The van der Waals surface area contributed by atoms with Crippen molar-refractivity contribution in [3.05, 3.63) is 23.8 Å². The molecule has 1 aromatic carbocycles. The molecule has 4 heteroatoms. The SMILES string of the molecule is CC(=O)N1CCc2cc(SCC#N)ccc21. The van der Waals surface area contributed by atoms with E-state index in [1.807, 2.05) is 12.1 Å². The molecule has 0 radical (unpaired) electrons. The van der Waals surface area contributed by atoms with Gasteiger partial charge in [-0.15, -0.1) is 11.8 Å². The Labute approximate surface area is 99.1 Å². The first kappa shape index (κ1) is 11.0. The topological polar surface area (TPSA) is 44.1 Å². The van der Waals surface area contributed by atoms with E-state index in [0.717, 1.165) is 23.5 Å². The summed E-state index contributed by atoms with van der Waals surface area (Å²) < 4.78 is 0. The largest absolute Gasteiger partial charge is 0.312 e. The number of nitriles is 1. The average molecular weight is 232 g/mol. The summed E-state index contributed by atoms with van der Waals surface area (Å²) in [6, 6.07) is 8.14. The predicted octanol–water partition coefficient (Wildman–Crippen LogP) is 2.21. The molecule has 0 spiro atoms. The number of carbonyl (C=O) groups excluding carboxylic acids is 1. The Morgan fingerprint density at radius 2 is 2.44 bits per heavy atom. The molecule has 1 aromatic rings. The van der Waals surface area contributed by atoms with Crippen LogP contribution in [0.3, 0.4) is 0 Å². The van der Waals surface area contributed by atoms with Crippen LogP contribution in [0.15, 0.2) is 23.1 Å². The van der Waals surface area contributed by atoms with Crippen molar-refractivity contribution < 1.29 is 4.79 Å². The molecule has 1 aliphatic rings. The third-order valence-electron chi connectivity index (χ3n) is 2.63. The van der Waals surface area contributed by atoms with Gasteiger partial charge in [0.05, 0.1) is 11.8 Å². The van der Waals surface area contributed by atoms with E-state index < -0.39 is 0 Å². The molecule has 1 amide bonds. The number of anilines is 1. The Balaban J connectivity index is 2.23. The number of benzene rings is 1. The van der Waals surface area contributed by atoms with Crippen LogP contribution in [0, 0.1) is 11.3 Å². The lowest BCUT2D eigenvalue weighted by Gasteiger charge is -2.14. The smallest absolute Gasteiger partial charge is 0.223 e. The number of rotatable bonds is 2. The van der Waals surface area contributed by atoms with Crippen molar-refractivity contribution >= 4 is 23.4 Å². The van der Waals surface area contributed by atoms with Crippen LogP contribution in [-0.4, -0.2) is 18.2 Å². The van der Waals surface area contributed by atoms with Crippen molar-refractivity contribution in [3.63, 3.8) is 0 Å². The highest BCUT2D eigenvalue weighted by molar-refractivity contribution is 7.99. The molecule has 16 heavy (non-hydrogen) atoms. The Morgan fingerprint density at radius 1 is 1.62 bits per heavy atom. The lowest BCUT2D eigenvalue weighted by Crippen LogP contribution is -2.25. The van der Waals surface area contributed by atoms with Gasteiger partial charge in [-0.1, -0.05) is 0 Å². The van der Waals surface area contributed by atoms with Crippen LogP contribution in [0.2, 0.25) is 0 Å². The second-order valence-corrected chi connectivity index (χ2v) is 4.71. The lowest BCUT2D eigenvalue weighted by molar-refractivity contribution is -0.116. The monoisotopic (exact) mass is 232 g/mol. The third-order valence-corrected chi connectivity index (χ3v) is 3.49. The molecule has 0 aliphatic carbocycles. The fourth-order valence-corrected chi connectivity index (χ4v) is 2.53. The second-order valence-electron chi connectivity index (χ2n) is 3.66. The minimum atomic E-state index is 0.0937. The number of amides is 1. The Morgan fingerprint density at radius 3 is 3.12 bits per heavy atom. The molecule has 0 fully saturated rings. The Hall–Kier alpha value is -1.47. The van der Waals surface area contributed by atoms with Crippen LogP contribution in [0.4, 0.5) is 5.69 Å². The van der Waals surface area contributed by atoms with Gasteiger partial charge in [0.1, 0.15) is 0 Å². The van der Waals surface area contributed by atoms with Crippen LogP contribution in [0.25, 0.3) is 0 Å². The average Bonchev–Trinajstić information content (AvgIpc) is 2.69. The van der Waals surface area contributed by atoms with Gasteiger partial charge < -0.3 is 4.90 Å². The first-order valence-corrected chi connectivity index (χ1v) is 6.11. The van der Waals surface area contributed by atoms with E-state index in [1.54, 1.807) is 11.8 Å². The Bertz CT molecular complexity index is 465. The van der Waals surface area contributed by atoms with Crippen molar-refractivity contribution in [2.45, 2.75) is 18.2 Å². The van der Waals surface area contributed by atoms with Gasteiger partial charge in [0.25, 0.3) is 0 Å². The summed E-state index contributed by atoms with van der Waals surface area (Å²) in [5, 5.41) is 8.51. The summed E-state index contributed by atoms with van der Waals surface area (Å²) in [5.74, 6) is 0.561. The first-order chi connectivity index (χ1) is 7.72. The molecule has 1 aliphatic heterocycles. The highest BCUT2D eigenvalue weighted by atomic mass is 32.2. The quantitative estimate of drug-likeness (QED) is 0.734. The van der Waals surface area contributed by atoms with Crippen LogP contribution in [0.1, 0.15) is 12.5 Å². The zero-order valence-electron chi connectivity index (χ0n) is 9.06. The zero-order chi connectivity index (χ0) is 11.5. The molecule has 0 aromatic heterocycles. The molecular formula is C12H12N2OS. The summed E-state index contributed by atoms with van der Waals surface area (Å²) in [5.41, 5.74) is 2.23. The maximum Gasteiger partial charge on any atom is 0.223 e. The molecule has 0 saturated carbocycles. The number of thioether (sulfide) groups is 1. The van der Waals surface area contributed by atoms with Crippen molar-refractivity contribution in [2.24, 2.45) is 0 Å². The number of hydrogen-bond donors (Lipinski definition) is 0. The number of fused-ring (bicyclic) bond motifs is 1. The molecule has 0 bridgehead atoms. The minimum Gasteiger partial charge on any atom is -0.312 e. The fraction of sp³-hybridized carbons (Fsp3) is 0.333. The van der Waals surface area contributed by atoms with Crippen molar-refractivity contribution in [2.75, 3.05) is 17.2 Å². The van der Waals surface area contributed by atoms with Crippen LogP contribution in [-0.2, 0) is 11.2 Å². The number of hydrogen-bond acceptors (Lipinski definition) is 3. The van der Waals surface area contributed by atoms with E-state index in [9.17, 15) is 4.79 Å². The molecule has 0 saturated heterocycles. The molecule has 1 heterocycles. The third kappa shape index (κ3) is 2.05. The van der Waals surface area contributed by atoms with E-state index in [4.69, 9.17) is 5.26 Å². The highest BCUT2D eigenvalue weighted by Gasteiger charge is 2.21. The molecule has 2 rings (SSSR count). The van der Waals surface area contributed by atoms with E-state index >= 15 is 0 Å². The number of carbonyl (C=O) groups is 1. The summed E-state index contributed by atoms with van der Waals surface area (Å²) in [4.78, 5) is 14.2. The standard InChI is InChI=1S/C12H12N2OS/c1-9(15)14-6-4-10-8-11(16-7-5-13)2-3-12(10)14/h2-3,8H,4,6-7H2,1H3. The van der Waals surface area contributed by atoms with Gasteiger partial charge >= 0.3 is 0 Å². The van der Waals surface area contributed by atoms with Gasteiger partial charge in [-0.2, -0.15) is 5.26 Å². The van der Waals surface area contributed by atoms with E-state index in [0.29, 0.717) is 5.75 Å². The van der Waals surface area contributed by atoms with Gasteiger partial charge in [0.15, 0.2) is 0 Å². The summed E-state index contributed by atoms with van der Waals surface area (Å²) in [7, 11) is 0. The van der Waals surface area contributed by atoms with Crippen LogP contribution >= 0.6 is 11.8 Å². The lowest BCUT2D eigenvalue weighted by atomic mass is 10.2. The molecule has 0 N–H and O–H groups in total. The molecule has 0 atom stereocenters. The Kier molecular flexibility index (Phi) is 3.16. The van der Waals surface area contributed by atoms with E-state index in [2.05, 4.69) is 12.1 Å². The zero-order valence-corrected chi connectivity index (χ0v) is 9.88. The summed E-state index contributed by atoms with van der Waals surface area (Å²) >= 11 is 1.53. The second kappa shape index (κ2) is 4.58. The summed E-state index contributed by atoms with van der Waals surface area (Å²) in [6.07, 6.45) is 0.913. The van der Waals surface area contributed by atoms with Gasteiger partial charge in [0.2, 0.25) is 5.91 Å². The normalized spacial score (nSPS) is 13.4. The van der Waals surface area contributed by atoms with Gasteiger partial charge in [-0.05, 0) is 30.2 Å².